The molecule has 0 radical (unpaired) electrons. The first-order valence-corrected chi connectivity index (χ1v) is 7.98. The summed E-state index contributed by atoms with van der Waals surface area (Å²) in [5, 5.41) is 17.4. The van der Waals surface area contributed by atoms with E-state index in [0.717, 1.165) is 10.4 Å². The van der Waals surface area contributed by atoms with Crippen LogP contribution in [0.5, 0.6) is 5.75 Å². The van der Waals surface area contributed by atoms with E-state index in [1.54, 1.807) is 12.1 Å². The summed E-state index contributed by atoms with van der Waals surface area (Å²) in [5.74, 6) is 0.620. The molecule has 2 aromatic rings. The predicted molar refractivity (Wildman–Crippen MR) is 88.6 cm³/mol. The Morgan fingerprint density at radius 3 is 2.82 bits per heavy atom. The lowest BCUT2D eigenvalue weighted by Gasteiger charge is -2.14. The lowest BCUT2D eigenvalue weighted by Crippen LogP contribution is -2.32. The van der Waals surface area contributed by atoms with Crippen LogP contribution in [-0.4, -0.2) is 24.3 Å². The van der Waals surface area contributed by atoms with E-state index in [1.807, 2.05) is 37.4 Å². The first-order valence-electron chi connectivity index (χ1n) is 7.10. The molecule has 0 aliphatic carbocycles. The van der Waals surface area contributed by atoms with Crippen LogP contribution in [0.2, 0.25) is 0 Å². The average Bonchev–Trinajstić information content (AvgIpc) is 2.93. The molecule has 3 N–H and O–H groups in total. The summed E-state index contributed by atoms with van der Waals surface area (Å²) in [7, 11) is 0. The van der Waals surface area contributed by atoms with Crippen molar-refractivity contribution >= 4 is 23.1 Å². The fourth-order valence-electron chi connectivity index (χ4n) is 2.03. The Bertz CT molecular complexity index is 627. The summed E-state index contributed by atoms with van der Waals surface area (Å²) in [6, 6.07) is 8.80. The van der Waals surface area contributed by atoms with Gasteiger partial charge >= 0.3 is 6.03 Å². The van der Waals surface area contributed by atoms with Crippen molar-refractivity contribution < 1.29 is 14.6 Å². The monoisotopic (exact) mass is 320 g/mol. The van der Waals surface area contributed by atoms with Crippen LogP contribution in [0.25, 0.3) is 0 Å². The van der Waals surface area contributed by atoms with Crippen LogP contribution in [-0.2, 0) is 0 Å². The van der Waals surface area contributed by atoms with E-state index in [1.165, 1.54) is 11.3 Å². The molecule has 0 aliphatic heterocycles. The molecule has 0 bridgehead atoms. The SMILES string of the molecule is CCOc1ccccc1NC(=O)NCC(O)c1sccc1C. The van der Waals surface area contributed by atoms with Crippen LogP contribution >= 0.6 is 11.3 Å². The maximum absolute atomic E-state index is 11.9. The fourth-order valence-corrected chi connectivity index (χ4v) is 2.94. The van der Waals surface area contributed by atoms with Crippen LogP contribution in [0.1, 0.15) is 23.5 Å². The molecular formula is C16H20N2O3S. The Hall–Kier alpha value is -2.05. The molecule has 0 aliphatic rings. The summed E-state index contributed by atoms with van der Waals surface area (Å²) in [6.07, 6.45) is -0.701. The Kier molecular flexibility index (Phi) is 5.80. The summed E-state index contributed by atoms with van der Waals surface area (Å²) in [5.41, 5.74) is 1.63. The van der Waals surface area contributed by atoms with Crippen LogP contribution in [0.4, 0.5) is 10.5 Å². The molecule has 6 heteroatoms. The van der Waals surface area contributed by atoms with Crippen LogP contribution in [0, 0.1) is 6.92 Å². The first-order chi connectivity index (χ1) is 10.6. The van der Waals surface area contributed by atoms with Gasteiger partial charge in [0.25, 0.3) is 0 Å². The number of carbonyl (C=O) groups is 1. The van der Waals surface area contributed by atoms with Gasteiger partial charge < -0.3 is 20.5 Å². The Balaban J connectivity index is 1.90. The molecule has 2 amide bonds. The number of amides is 2. The number of aliphatic hydroxyl groups excluding tert-OH is 1. The summed E-state index contributed by atoms with van der Waals surface area (Å²) in [6.45, 7) is 4.50. The Morgan fingerprint density at radius 1 is 1.36 bits per heavy atom. The molecule has 1 unspecified atom stereocenters. The molecule has 0 fully saturated rings. The zero-order chi connectivity index (χ0) is 15.9. The minimum atomic E-state index is -0.701. The van der Waals surface area contributed by atoms with Crippen molar-refractivity contribution in [1.82, 2.24) is 5.32 Å². The Morgan fingerprint density at radius 2 is 2.14 bits per heavy atom. The number of para-hydroxylation sites is 2. The highest BCUT2D eigenvalue weighted by atomic mass is 32.1. The lowest BCUT2D eigenvalue weighted by atomic mass is 10.2. The summed E-state index contributed by atoms with van der Waals surface area (Å²) in [4.78, 5) is 12.8. The predicted octanol–water partition coefficient (Wildman–Crippen LogP) is 3.31. The fraction of sp³-hybridized carbons (Fsp3) is 0.312. The van der Waals surface area contributed by atoms with Gasteiger partial charge in [0.15, 0.2) is 0 Å². The molecule has 0 saturated heterocycles. The lowest BCUT2D eigenvalue weighted by molar-refractivity contribution is 0.178. The maximum atomic E-state index is 11.9. The molecule has 0 spiro atoms. The quantitative estimate of drug-likeness (QED) is 0.765. The van der Waals surface area contributed by atoms with E-state index in [9.17, 15) is 9.90 Å². The van der Waals surface area contributed by atoms with Crippen molar-refractivity contribution in [2.24, 2.45) is 0 Å². The van der Waals surface area contributed by atoms with E-state index in [2.05, 4.69) is 10.6 Å². The van der Waals surface area contributed by atoms with Gasteiger partial charge in [-0.05, 0) is 43.0 Å². The molecule has 5 nitrogen and oxygen atoms in total. The second-order valence-corrected chi connectivity index (χ2v) is 5.70. The molecule has 1 atom stereocenters. The van der Waals surface area contributed by atoms with Gasteiger partial charge in [-0.15, -0.1) is 11.3 Å². The van der Waals surface area contributed by atoms with Crippen LogP contribution < -0.4 is 15.4 Å². The molecule has 22 heavy (non-hydrogen) atoms. The van der Waals surface area contributed by atoms with Crippen molar-refractivity contribution in [2.45, 2.75) is 20.0 Å². The maximum Gasteiger partial charge on any atom is 0.319 e. The number of ether oxygens (including phenoxy) is 1. The number of nitrogens with one attached hydrogen (secondary N) is 2. The highest BCUT2D eigenvalue weighted by Gasteiger charge is 2.13. The van der Waals surface area contributed by atoms with E-state index in [-0.39, 0.29) is 12.6 Å². The van der Waals surface area contributed by atoms with Crippen molar-refractivity contribution in [3.63, 3.8) is 0 Å². The number of thiophene rings is 1. The van der Waals surface area contributed by atoms with Gasteiger partial charge in [-0.1, -0.05) is 12.1 Å². The number of hydrogen-bond acceptors (Lipinski definition) is 4. The number of aliphatic hydroxyl groups is 1. The highest BCUT2D eigenvalue weighted by molar-refractivity contribution is 7.10. The smallest absolute Gasteiger partial charge is 0.319 e. The second kappa shape index (κ2) is 7.82. The number of benzene rings is 1. The van der Waals surface area contributed by atoms with E-state index >= 15 is 0 Å². The van der Waals surface area contributed by atoms with Crippen molar-refractivity contribution in [1.29, 1.82) is 0 Å². The first kappa shape index (κ1) is 16.3. The minimum Gasteiger partial charge on any atom is -0.492 e. The number of rotatable bonds is 6. The van der Waals surface area contributed by atoms with Gasteiger partial charge in [0.05, 0.1) is 18.8 Å². The molecule has 2 rings (SSSR count). The number of urea groups is 1. The zero-order valence-corrected chi connectivity index (χ0v) is 13.4. The van der Waals surface area contributed by atoms with Crippen LogP contribution in [0.3, 0.4) is 0 Å². The van der Waals surface area contributed by atoms with Gasteiger partial charge in [0.1, 0.15) is 11.9 Å². The topological polar surface area (TPSA) is 70.6 Å². The minimum absolute atomic E-state index is 0.157. The van der Waals surface area contributed by atoms with Gasteiger partial charge in [0.2, 0.25) is 0 Å². The third kappa shape index (κ3) is 4.22. The molecule has 1 aromatic heterocycles. The molecule has 118 valence electrons. The second-order valence-electron chi connectivity index (χ2n) is 4.75. The highest BCUT2D eigenvalue weighted by Crippen LogP contribution is 2.24. The molecule has 1 heterocycles. The third-order valence-corrected chi connectivity index (χ3v) is 4.22. The third-order valence-electron chi connectivity index (χ3n) is 3.10. The van der Waals surface area contributed by atoms with E-state index in [4.69, 9.17) is 4.74 Å². The van der Waals surface area contributed by atoms with Crippen molar-refractivity contribution in [3.05, 3.63) is 46.2 Å². The largest absolute Gasteiger partial charge is 0.492 e. The van der Waals surface area contributed by atoms with E-state index < -0.39 is 6.10 Å². The average molecular weight is 320 g/mol. The number of anilines is 1. The summed E-state index contributed by atoms with van der Waals surface area (Å²) >= 11 is 1.48. The van der Waals surface area contributed by atoms with Crippen molar-refractivity contribution in [2.75, 3.05) is 18.5 Å². The van der Waals surface area contributed by atoms with E-state index in [0.29, 0.717) is 18.0 Å². The van der Waals surface area contributed by atoms with Gasteiger partial charge in [-0.2, -0.15) is 0 Å². The van der Waals surface area contributed by atoms with Crippen LogP contribution in [0.15, 0.2) is 35.7 Å². The number of carbonyl (C=O) groups excluding carboxylic acids is 1. The standard InChI is InChI=1S/C16H20N2O3S/c1-3-21-14-7-5-4-6-12(14)18-16(20)17-10-13(19)15-11(2)8-9-22-15/h4-9,13,19H,3,10H2,1-2H3,(H2,17,18,20). The van der Waals surface area contributed by atoms with Gasteiger partial charge in [-0.25, -0.2) is 4.79 Å². The van der Waals surface area contributed by atoms with Gasteiger partial charge in [-0.3, -0.25) is 0 Å². The number of hydrogen-bond donors (Lipinski definition) is 3. The Labute approximate surface area is 133 Å². The van der Waals surface area contributed by atoms with Crippen molar-refractivity contribution in [3.8, 4) is 5.75 Å². The zero-order valence-electron chi connectivity index (χ0n) is 12.6. The normalized spacial score (nSPS) is 11.8. The summed E-state index contributed by atoms with van der Waals surface area (Å²) < 4.78 is 5.45. The molecule has 1 aromatic carbocycles. The molecule has 0 saturated carbocycles. The molecular weight excluding hydrogens is 300 g/mol. The number of aryl methyl sites for hydroxylation is 1. The van der Waals surface area contributed by atoms with Gasteiger partial charge in [0, 0.05) is 4.88 Å².